The van der Waals surface area contributed by atoms with E-state index in [1.165, 1.54) is 26.0 Å². The van der Waals surface area contributed by atoms with Crippen molar-refractivity contribution in [3.8, 4) is 0 Å². The number of ether oxygens (including phenoxy) is 4. The van der Waals surface area contributed by atoms with Crippen LogP contribution in [0.1, 0.15) is 70.3 Å². The highest BCUT2D eigenvalue weighted by Gasteiger charge is 2.76. The summed E-state index contributed by atoms with van der Waals surface area (Å²) in [5, 5.41) is 62.9. The molecular weight excluding hydrogens is 714 g/mol. The summed E-state index contributed by atoms with van der Waals surface area (Å²) in [6.45, 7) is 8.98. The van der Waals surface area contributed by atoms with Crippen molar-refractivity contribution < 1.29 is 63.7 Å². The maximum absolute atomic E-state index is 14.7. The van der Waals surface area contributed by atoms with E-state index in [0.717, 1.165) is 5.56 Å². The van der Waals surface area contributed by atoms with Gasteiger partial charge in [0.05, 0.1) is 35.8 Å². The van der Waals surface area contributed by atoms with Gasteiger partial charge < -0.3 is 49.8 Å². The third-order valence-electron chi connectivity index (χ3n) is 12.7. The summed E-state index contributed by atoms with van der Waals surface area (Å²) >= 11 is 0. The zero-order valence-electron chi connectivity index (χ0n) is 31.8. The standard InChI is InChI=1S/C41H51NO13/c1-21(2)29(42-37(49)52-19-23-13-9-7-10-14-23)31(45)36(48)54-25-18-41(51)34(55-35(47)24-15-11-8-12-16-24)32-39(6,26(43)17-27-40(32,50)20-53-27)33(46)30(44)28(22(25)3)38(41,4)5/h7-16,21,25-27,29-32,34,43-45,50-51H,17-20H2,1-6H3,(H,42,49)/t25?,26-,27+,29-,30+,31+,32-,34-,39+,40-,41+/m0/s1. The number of hydrogen-bond acceptors (Lipinski definition) is 13. The molecule has 3 aliphatic carbocycles. The Balaban J connectivity index is 1.38. The van der Waals surface area contributed by atoms with Gasteiger partial charge in [-0.3, -0.25) is 4.79 Å². The second-order valence-corrected chi connectivity index (χ2v) is 16.5. The molecule has 2 saturated carbocycles. The number of esters is 2. The SMILES string of the molecule is CC1=C2[C@@H](O)C(=O)[C@@]3(C)[C@H]([C@H](OC(=O)c4ccccc4)[C@](O)(CC1OC(=O)[C@H](O)[C@@H](NC(=O)OCc1ccccc1)C(C)C)C2(C)C)[C@]1(O)CO[C@@H]1C[C@@H]3O. The second-order valence-electron chi connectivity index (χ2n) is 16.5. The summed E-state index contributed by atoms with van der Waals surface area (Å²) in [5.41, 5.74) is -6.74. The molecular formula is C41H51NO13. The predicted molar refractivity (Wildman–Crippen MR) is 194 cm³/mol. The van der Waals surface area contributed by atoms with Gasteiger partial charge >= 0.3 is 18.0 Å². The molecule has 14 heteroatoms. The van der Waals surface area contributed by atoms with Crippen molar-refractivity contribution in [3.05, 3.63) is 82.9 Å². The molecule has 1 unspecified atom stereocenters. The number of fused-ring (bicyclic) bond motifs is 5. The van der Waals surface area contributed by atoms with Crippen molar-refractivity contribution in [1.29, 1.82) is 0 Å². The summed E-state index contributed by atoms with van der Waals surface area (Å²) in [7, 11) is 0. The normalized spacial score (nSPS) is 34.8. The molecule has 298 valence electrons. The van der Waals surface area contributed by atoms with Gasteiger partial charge in [-0.05, 0) is 48.6 Å². The topological polar surface area (TPSA) is 218 Å². The number of nitrogens with one attached hydrogen (secondary N) is 1. The van der Waals surface area contributed by atoms with E-state index in [1.54, 1.807) is 70.2 Å². The molecule has 0 aromatic heterocycles. The summed E-state index contributed by atoms with van der Waals surface area (Å²) in [6.07, 6.45) is -11.1. The lowest BCUT2D eigenvalue weighted by Gasteiger charge is -2.66. The molecule has 1 aliphatic heterocycles. The molecule has 55 heavy (non-hydrogen) atoms. The van der Waals surface area contributed by atoms with E-state index in [1.807, 2.05) is 6.07 Å². The molecule has 11 atom stereocenters. The Morgan fingerprint density at radius 3 is 2.16 bits per heavy atom. The number of rotatable bonds is 9. The highest BCUT2D eigenvalue weighted by molar-refractivity contribution is 5.94. The predicted octanol–water partition coefficient (Wildman–Crippen LogP) is 2.37. The summed E-state index contributed by atoms with van der Waals surface area (Å²) in [6, 6.07) is 15.6. The van der Waals surface area contributed by atoms with Gasteiger partial charge in [-0.1, -0.05) is 76.2 Å². The maximum Gasteiger partial charge on any atom is 0.407 e. The zero-order chi connectivity index (χ0) is 40.2. The Hall–Kier alpha value is -4.18. The van der Waals surface area contributed by atoms with Crippen LogP contribution in [-0.2, 0) is 35.1 Å². The van der Waals surface area contributed by atoms with Gasteiger partial charge in [-0.2, -0.15) is 0 Å². The van der Waals surface area contributed by atoms with Crippen LogP contribution in [0.5, 0.6) is 0 Å². The van der Waals surface area contributed by atoms with E-state index in [2.05, 4.69) is 5.32 Å². The van der Waals surface area contributed by atoms with Crippen LogP contribution in [0.3, 0.4) is 0 Å². The summed E-state index contributed by atoms with van der Waals surface area (Å²) in [4.78, 5) is 55.1. The van der Waals surface area contributed by atoms with Crippen LogP contribution >= 0.6 is 0 Å². The first-order valence-corrected chi connectivity index (χ1v) is 18.6. The van der Waals surface area contributed by atoms with Crippen LogP contribution < -0.4 is 5.32 Å². The van der Waals surface area contributed by atoms with Crippen LogP contribution in [-0.4, -0.2) is 110 Å². The van der Waals surface area contributed by atoms with Gasteiger partial charge in [0.25, 0.3) is 0 Å². The van der Waals surface area contributed by atoms with Crippen molar-refractivity contribution in [1.82, 2.24) is 5.32 Å². The van der Waals surface area contributed by atoms with Crippen LogP contribution in [0.25, 0.3) is 0 Å². The van der Waals surface area contributed by atoms with Crippen LogP contribution in [0, 0.1) is 22.7 Å². The number of Topliss-reactive ketones (excluding diaryl/α,β-unsaturated/α-hetero) is 1. The minimum absolute atomic E-state index is 0.0341. The number of carbonyl (C=O) groups is 4. The molecule has 6 N–H and O–H groups in total. The van der Waals surface area contributed by atoms with E-state index in [0.29, 0.717) is 0 Å². The molecule has 0 spiro atoms. The lowest BCUT2D eigenvalue weighted by molar-refractivity contribution is -0.343. The number of benzene rings is 2. The quantitative estimate of drug-likeness (QED) is 0.123. The molecule has 0 radical (unpaired) electrons. The van der Waals surface area contributed by atoms with E-state index < -0.39 is 107 Å². The van der Waals surface area contributed by atoms with Gasteiger partial charge in [-0.25, -0.2) is 14.4 Å². The Bertz CT molecular complexity index is 1830. The molecule has 2 aromatic rings. The van der Waals surface area contributed by atoms with Crippen molar-refractivity contribution >= 4 is 23.8 Å². The Kier molecular flexibility index (Phi) is 10.8. The number of carbonyl (C=O) groups excluding carboxylic acids is 4. The second kappa shape index (κ2) is 14.7. The zero-order valence-corrected chi connectivity index (χ0v) is 31.8. The highest BCUT2D eigenvalue weighted by atomic mass is 16.6. The van der Waals surface area contributed by atoms with E-state index in [9.17, 15) is 44.7 Å². The Morgan fingerprint density at radius 1 is 0.964 bits per heavy atom. The fraction of sp³-hybridized carbons (Fsp3) is 0.561. The first-order chi connectivity index (χ1) is 25.8. The molecule has 6 rings (SSSR count). The smallest absolute Gasteiger partial charge is 0.407 e. The first-order valence-electron chi connectivity index (χ1n) is 18.6. The van der Waals surface area contributed by atoms with Crippen molar-refractivity contribution in [2.75, 3.05) is 6.61 Å². The van der Waals surface area contributed by atoms with Crippen LogP contribution in [0.15, 0.2) is 71.8 Å². The average Bonchev–Trinajstić information content (AvgIpc) is 3.15. The number of alkyl carbamates (subject to hydrolysis) is 1. The molecule has 1 heterocycles. The van der Waals surface area contributed by atoms with Crippen molar-refractivity contribution in [2.45, 2.75) is 115 Å². The molecule has 1 amide bonds. The number of amides is 1. The summed E-state index contributed by atoms with van der Waals surface area (Å²) < 4.78 is 23.0. The van der Waals surface area contributed by atoms with E-state index in [4.69, 9.17) is 18.9 Å². The minimum Gasteiger partial charge on any atom is -0.456 e. The van der Waals surface area contributed by atoms with Gasteiger partial charge in [0.2, 0.25) is 0 Å². The third kappa shape index (κ3) is 6.66. The fourth-order valence-electron chi connectivity index (χ4n) is 9.24. The molecule has 3 fully saturated rings. The Morgan fingerprint density at radius 2 is 1.58 bits per heavy atom. The monoisotopic (exact) mass is 765 g/mol. The molecule has 2 aromatic carbocycles. The number of aliphatic hydroxyl groups excluding tert-OH is 3. The lowest BCUT2D eigenvalue weighted by Crippen LogP contribution is -2.81. The van der Waals surface area contributed by atoms with E-state index in [-0.39, 0.29) is 36.3 Å². The Labute approximate surface area is 319 Å². The largest absolute Gasteiger partial charge is 0.456 e. The fourth-order valence-corrected chi connectivity index (χ4v) is 9.24. The lowest BCUT2D eigenvalue weighted by atomic mass is 9.44. The van der Waals surface area contributed by atoms with E-state index >= 15 is 0 Å². The van der Waals surface area contributed by atoms with Crippen LogP contribution in [0.2, 0.25) is 0 Å². The van der Waals surface area contributed by atoms with Gasteiger partial charge in [-0.15, -0.1) is 0 Å². The summed E-state index contributed by atoms with van der Waals surface area (Å²) in [5.74, 6) is -4.98. The van der Waals surface area contributed by atoms with Crippen molar-refractivity contribution in [2.24, 2.45) is 22.7 Å². The molecule has 1 saturated heterocycles. The number of aliphatic hydroxyl groups is 5. The van der Waals surface area contributed by atoms with Crippen molar-refractivity contribution in [3.63, 3.8) is 0 Å². The maximum atomic E-state index is 14.7. The minimum atomic E-state index is -2.29. The highest BCUT2D eigenvalue weighted by Crippen LogP contribution is 2.63. The number of ketones is 1. The number of hydrogen-bond donors (Lipinski definition) is 6. The molecule has 14 nitrogen and oxygen atoms in total. The van der Waals surface area contributed by atoms with Gasteiger partial charge in [0.15, 0.2) is 11.9 Å². The van der Waals surface area contributed by atoms with Gasteiger partial charge in [0, 0.05) is 24.2 Å². The first kappa shape index (κ1) is 40.5. The third-order valence-corrected chi connectivity index (χ3v) is 12.7. The van der Waals surface area contributed by atoms with Crippen LogP contribution in [0.4, 0.5) is 4.79 Å². The average molecular weight is 766 g/mol. The van der Waals surface area contributed by atoms with Gasteiger partial charge in [0.1, 0.15) is 36.1 Å². The molecule has 4 aliphatic rings. The molecule has 2 bridgehead atoms.